The molecular weight excluding hydrogens is 328 g/mol. The summed E-state index contributed by atoms with van der Waals surface area (Å²) in [6.07, 6.45) is 0. The highest BCUT2D eigenvalue weighted by molar-refractivity contribution is 5.95. The summed E-state index contributed by atoms with van der Waals surface area (Å²) < 4.78 is 10.6. The van der Waals surface area contributed by atoms with Gasteiger partial charge in [0.25, 0.3) is 5.91 Å². The van der Waals surface area contributed by atoms with Crippen molar-refractivity contribution in [1.29, 1.82) is 0 Å². The number of hydrogen-bond acceptors (Lipinski definition) is 4. The Labute approximate surface area is 155 Å². The molecule has 0 aliphatic carbocycles. The quantitative estimate of drug-likeness (QED) is 0.828. The molecule has 0 N–H and O–H groups in total. The van der Waals surface area contributed by atoms with Gasteiger partial charge >= 0.3 is 0 Å². The number of methoxy groups -OCH3 is 2. The van der Waals surface area contributed by atoms with Crippen LogP contribution in [0.2, 0.25) is 0 Å². The molecule has 0 saturated carbocycles. The average Bonchev–Trinajstić information content (AvgIpc) is 2.68. The van der Waals surface area contributed by atoms with Gasteiger partial charge in [-0.15, -0.1) is 0 Å². The Balaban J connectivity index is 1.66. The van der Waals surface area contributed by atoms with E-state index in [2.05, 4.69) is 36.1 Å². The summed E-state index contributed by atoms with van der Waals surface area (Å²) in [6, 6.07) is 15.9. The lowest BCUT2D eigenvalue weighted by molar-refractivity contribution is 0.0475. The molecule has 5 nitrogen and oxygen atoms in total. The van der Waals surface area contributed by atoms with Gasteiger partial charge in [-0.05, 0) is 30.7 Å². The number of benzene rings is 2. The second-order valence-electron chi connectivity index (χ2n) is 6.64. The number of nitrogens with zero attached hydrogens (tertiary/aromatic N) is 2. The van der Waals surface area contributed by atoms with Gasteiger partial charge in [-0.25, -0.2) is 0 Å². The number of rotatable bonds is 5. The van der Waals surface area contributed by atoms with Gasteiger partial charge in [-0.2, -0.15) is 0 Å². The van der Waals surface area contributed by atoms with Gasteiger partial charge in [-0.3, -0.25) is 9.69 Å². The van der Waals surface area contributed by atoms with Crippen molar-refractivity contribution in [3.8, 4) is 11.5 Å². The van der Waals surface area contributed by atoms with Crippen molar-refractivity contribution in [3.05, 3.63) is 59.7 Å². The average molecular weight is 354 g/mol. The van der Waals surface area contributed by atoms with Crippen LogP contribution in [0.3, 0.4) is 0 Å². The highest BCUT2D eigenvalue weighted by Gasteiger charge is 2.28. The van der Waals surface area contributed by atoms with Crippen molar-refractivity contribution >= 4 is 5.91 Å². The molecule has 2 aromatic carbocycles. The molecule has 138 valence electrons. The fraction of sp³-hybridized carbons (Fsp3) is 0.381. The van der Waals surface area contributed by atoms with Crippen molar-refractivity contribution < 1.29 is 14.3 Å². The summed E-state index contributed by atoms with van der Waals surface area (Å²) in [5.74, 6) is 1.25. The largest absolute Gasteiger partial charge is 0.493 e. The van der Waals surface area contributed by atoms with E-state index in [0.29, 0.717) is 17.1 Å². The molecule has 1 atom stereocenters. The SMILES string of the molecule is COc1ccc(C(=O)N2CCN(Cc3ccccc3)C[C@H]2C)cc1OC. The van der Waals surface area contributed by atoms with Gasteiger partial charge in [-0.1, -0.05) is 30.3 Å². The molecule has 1 fully saturated rings. The Morgan fingerprint density at radius 1 is 1.04 bits per heavy atom. The van der Waals surface area contributed by atoms with Crippen LogP contribution < -0.4 is 9.47 Å². The van der Waals surface area contributed by atoms with Crippen LogP contribution in [0.4, 0.5) is 0 Å². The van der Waals surface area contributed by atoms with Crippen molar-refractivity contribution in [2.24, 2.45) is 0 Å². The number of carbonyl (C=O) groups is 1. The number of amides is 1. The molecule has 0 bridgehead atoms. The van der Waals surface area contributed by atoms with Gasteiger partial charge in [0.15, 0.2) is 11.5 Å². The predicted octanol–water partition coefficient (Wildman–Crippen LogP) is 3.05. The van der Waals surface area contributed by atoms with E-state index in [9.17, 15) is 4.79 Å². The highest BCUT2D eigenvalue weighted by atomic mass is 16.5. The second-order valence-corrected chi connectivity index (χ2v) is 6.64. The van der Waals surface area contributed by atoms with Crippen molar-refractivity contribution in [1.82, 2.24) is 9.80 Å². The molecule has 5 heteroatoms. The second kappa shape index (κ2) is 8.23. The zero-order chi connectivity index (χ0) is 18.5. The zero-order valence-electron chi connectivity index (χ0n) is 15.6. The van der Waals surface area contributed by atoms with E-state index < -0.39 is 0 Å². The minimum atomic E-state index is 0.0396. The number of hydrogen-bond donors (Lipinski definition) is 0. The Morgan fingerprint density at radius 3 is 2.42 bits per heavy atom. The monoisotopic (exact) mass is 354 g/mol. The lowest BCUT2D eigenvalue weighted by Crippen LogP contribution is -2.53. The van der Waals surface area contributed by atoms with E-state index in [1.807, 2.05) is 11.0 Å². The minimum Gasteiger partial charge on any atom is -0.493 e. The van der Waals surface area contributed by atoms with Crippen molar-refractivity contribution in [3.63, 3.8) is 0 Å². The predicted molar refractivity (Wildman–Crippen MR) is 102 cm³/mol. The number of piperazine rings is 1. The maximum atomic E-state index is 13.0. The third-order valence-electron chi connectivity index (χ3n) is 4.85. The number of ether oxygens (including phenoxy) is 2. The molecule has 3 rings (SSSR count). The van der Waals surface area contributed by atoms with Crippen molar-refractivity contribution in [2.75, 3.05) is 33.9 Å². The Kier molecular flexibility index (Phi) is 5.78. The van der Waals surface area contributed by atoms with Crippen LogP contribution in [0.25, 0.3) is 0 Å². The molecule has 0 unspecified atom stereocenters. The minimum absolute atomic E-state index is 0.0396. The molecule has 2 aromatic rings. The van der Waals surface area contributed by atoms with E-state index in [1.165, 1.54) is 5.56 Å². The maximum absolute atomic E-state index is 13.0. The summed E-state index contributed by atoms with van der Waals surface area (Å²) in [5, 5.41) is 0. The molecule has 1 heterocycles. The summed E-state index contributed by atoms with van der Waals surface area (Å²) >= 11 is 0. The van der Waals surface area contributed by atoms with Gasteiger partial charge in [0.2, 0.25) is 0 Å². The first-order valence-corrected chi connectivity index (χ1v) is 8.91. The molecule has 1 aliphatic heterocycles. The highest BCUT2D eigenvalue weighted by Crippen LogP contribution is 2.28. The van der Waals surface area contributed by atoms with Crippen LogP contribution in [0, 0.1) is 0 Å². The lowest BCUT2D eigenvalue weighted by atomic mass is 10.1. The van der Waals surface area contributed by atoms with Crippen LogP contribution in [0.15, 0.2) is 48.5 Å². The molecule has 0 spiro atoms. The van der Waals surface area contributed by atoms with Crippen LogP contribution in [0.5, 0.6) is 11.5 Å². The first-order valence-electron chi connectivity index (χ1n) is 8.91. The fourth-order valence-corrected chi connectivity index (χ4v) is 3.46. The summed E-state index contributed by atoms with van der Waals surface area (Å²) in [4.78, 5) is 17.3. The summed E-state index contributed by atoms with van der Waals surface area (Å²) in [6.45, 7) is 5.49. The summed E-state index contributed by atoms with van der Waals surface area (Å²) in [5.41, 5.74) is 1.94. The van der Waals surface area contributed by atoms with Gasteiger partial charge in [0.05, 0.1) is 14.2 Å². The Hall–Kier alpha value is -2.53. The first kappa shape index (κ1) is 18.3. The molecule has 26 heavy (non-hydrogen) atoms. The van der Waals surface area contributed by atoms with Gasteiger partial charge in [0, 0.05) is 37.8 Å². The Morgan fingerprint density at radius 2 is 1.77 bits per heavy atom. The molecule has 1 saturated heterocycles. The third kappa shape index (κ3) is 3.99. The first-order chi connectivity index (χ1) is 12.6. The number of carbonyl (C=O) groups excluding carboxylic acids is 1. The van der Waals surface area contributed by atoms with Gasteiger partial charge in [0.1, 0.15) is 0 Å². The standard InChI is InChI=1S/C21H26N2O3/c1-16-14-22(15-17-7-5-4-6-8-17)11-12-23(16)21(24)18-9-10-19(25-2)20(13-18)26-3/h4-10,13,16H,11-12,14-15H2,1-3H3/t16-/m1/s1. The zero-order valence-corrected chi connectivity index (χ0v) is 15.6. The van der Waals surface area contributed by atoms with E-state index in [4.69, 9.17) is 9.47 Å². The maximum Gasteiger partial charge on any atom is 0.254 e. The smallest absolute Gasteiger partial charge is 0.254 e. The Bertz CT molecular complexity index is 748. The molecule has 0 aromatic heterocycles. The van der Waals surface area contributed by atoms with Gasteiger partial charge < -0.3 is 14.4 Å². The van der Waals surface area contributed by atoms with E-state index >= 15 is 0 Å². The van der Waals surface area contributed by atoms with Crippen LogP contribution in [-0.2, 0) is 6.54 Å². The molecule has 1 amide bonds. The van der Waals surface area contributed by atoms with Crippen LogP contribution >= 0.6 is 0 Å². The fourth-order valence-electron chi connectivity index (χ4n) is 3.46. The van der Waals surface area contributed by atoms with Crippen LogP contribution in [-0.4, -0.2) is 55.6 Å². The van der Waals surface area contributed by atoms with E-state index in [-0.39, 0.29) is 11.9 Å². The topological polar surface area (TPSA) is 42.0 Å². The molecule has 1 aliphatic rings. The normalized spacial score (nSPS) is 17.8. The van der Waals surface area contributed by atoms with Crippen molar-refractivity contribution in [2.45, 2.75) is 19.5 Å². The van der Waals surface area contributed by atoms with E-state index in [0.717, 1.165) is 26.2 Å². The molecular formula is C21H26N2O3. The van der Waals surface area contributed by atoms with E-state index in [1.54, 1.807) is 32.4 Å². The van der Waals surface area contributed by atoms with Crippen LogP contribution in [0.1, 0.15) is 22.8 Å². The summed E-state index contributed by atoms with van der Waals surface area (Å²) in [7, 11) is 3.17. The molecule has 0 radical (unpaired) electrons. The third-order valence-corrected chi connectivity index (χ3v) is 4.85. The lowest BCUT2D eigenvalue weighted by Gasteiger charge is -2.40.